The first-order valence-corrected chi connectivity index (χ1v) is 12.7. The van der Waals surface area contributed by atoms with Crippen LogP contribution in [0.15, 0.2) is 40.9 Å². The second-order valence-corrected chi connectivity index (χ2v) is 9.99. The lowest BCUT2D eigenvalue weighted by molar-refractivity contribution is -0.0693. The van der Waals surface area contributed by atoms with Crippen LogP contribution < -0.4 is 5.32 Å². The van der Waals surface area contributed by atoms with Gasteiger partial charge in [0.1, 0.15) is 17.7 Å². The Morgan fingerprint density at radius 3 is 2.32 bits per heavy atom. The third-order valence-corrected chi connectivity index (χ3v) is 6.94. The second-order valence-electron chi connectivity index (χ2n) is 9.99. The summed E-state index contributed by atoms with van der Waals surface area (Å²) in [6.07, 6.45) is -0.741. The summed E-state index contributed by atoms with van der Waals surface area (Å²) in [5.74, 6) is -0.444. The monoisotopic (exact) mass is 524 g/mol. The van der Waals surface area contributed by atoms with E-state index < -0.39 is 12.1 Å². The maximum atomic E-state index is 12.7. The van der Waals surface area contributed by atoms with Crippen molar-refractivity contribution < 1.29 is 29.4 Å². The average molecular weight is 525 g/mol. The van der Waals surface area contributed by atoms with E-state index in [2.05, 4.69) is 15.4 Å². The molecular formula is C28H36N4O6. The lowest BCUT2D eigenvalue weighted by Crippen LogP contribution is -2.47. The smallest absolute Gasteiger partial charge is 0.273 e. The number of nitrogens with zero attached hydrogens (tertiary/aromatic N) is 3. The standard InChI is InChI=1S/C28H36N4O6/c1-16(2)19-14-20(22(34)15-21(19)33)26-23(24(30-38-26)27(35)29-3)17-6-8-18(9-7-17)25(28(36)31(4)5)32-10-12-37-13-11-32/h6-9,14-16,25,28,33-34,36H,10-13H2,1-5H3,(H,29,35). The number of benzene rings is 2. The van der Waals surface area contributed by atoms with Crippen LogP contribution in [0, 0.1) is 0 Å². The predicted molar refractivity (Wildman–Crippen MR) is 143 cm³/mol. The van der Waals surface area contributed by atoms with Crippen LogP contribution >= 0.6 is 0 Å². The van der Waals surface area contributed by atoms with Crippen molar-refractivity contribution in [3.05, 3.63) is 53.2 Å². The molecule has 204 valence electrons. The number of ether oxygens (including phenoxy) is 1. The van der Waals surface area contributed by atoms with Gasteiger partial charge in [-0.3, -0.25) is 14.6 Å². The number of phenols is 2. The van der Waals surface area contributed by atoms with Crippen LogP contribution in [0.4, 0.5) is 0 Å². The summed E-state index contributed by atoms with van der Waals surface area (Å²) < 4.78 is 11.1. The molecule has 2 aromatic carbocycles. The third-order valence-electron chi connectivity index (χ3n) is 6.94. The van der Waals surface area contributed by atoms with Crippen molar-refractivity contribution in [2.45, 2.75) is 32.0 Å². The van der Waals surface area contributed by atoms with Gasteiger partial charge in [-0.1, -0.05) is 43.3 Å². The van der Waals surface area contributed by atoms with E-state index in [0.29, 0.717) is 48.6 Å². The lowest BCUT2D eigenvalue weighted by Gasteiger charge is -2.39. The highest BCUT2D eigenvalue weighted by atomic mass is 16.5. The van der Waals surface area contributed by atoms with Crippen LogP contribution in [0.2, 0.25) is 0 Å². The number of phenolic OH excluding ortho intramolecular Hbond substituents is 2. The summed E-state index contributed by atoms with van der Waals surface area (Å²) in [4.78, 5) is 16.7. The van der Waals surface area contributed by atoms with E-state index in [4.69, 9.17) is 9.26 Å². The van der Waals surface area contributed by atoms with Crippen molar-refractivity contribution in [3.63, 3.8) is 0 Å². The molecular weight excluding hydrogens is 488 g/mol. The van der Waals surface area contributed by atoms with Crippen molar-refractivity contribution in [1.29, 1.82) is 0 Å². The minimum absolute atomic E-state index is 0.0151. The van der Waals surface area contributed by atoms with E-state index in [1.165, 1.54) is 13.1 Å². The molecule has 1 aliphatic rings. The largest absolute Gasteiger partial charge is 0.508 e. The van der Waals surface area contributed by atoms with Crippen LogP contribution in [0.3, 0.4) is 0 Å². The fourth-order valence-corrected chi connectivity index (χ4v) is 4.81. The molecule has 0 radical (unpaired) electrons. The quantitative estimate of drug-likeness (QED) is 0.328. The molecule has 4 N–H and O–H groups in total. The third kappa shape index (κ3) is 5.39. The van der Waals surface area contributed by atoms with Crippen molar-refractivity contribution in [3.8, 4) is 33.9 Å². The van der Waals surface area contributed by atoms with Gasteiger partial charge in [-0.2, -0.15) is 0 Å². The molecule has 1 fully saturated rings. The Bertz CT molecular complexity index is 1270. The number of aromatic hydroxyl groups is 2. The average Bonchev–Trinajstić information content (AvgIpc) is 3.34. The minimum atomic E-state index is -0.741. The van der Waals surface area contributed by atoms with Crippen molar-refractivity contribution in [2.24, 2.45) is 0 Å². The number of aliphatic hydroxyl groups excluding tert-OH is 1. The van der Waals surface area contributed by atoms with Gasteiger partial charge in [-0.05, 0) is 42.8 Å². The van der Waals surface area contributed by atoms with Crippen molar-refractivity contribution >= 4 is 5.91 Å². The summed E-state index contributed by atoms with van der Waals surface area (Å²) in [5.41, 5.74) is 3.01. The van der Waals surface area contributed by atoms with Crippen molar-refractivity contribution in [2.75, 3.05) is 47.4 Å². The molecule has 1 saturated heterocycles. The molecule has 2 unspecified atom stereocenters. The van der Waals surface area contributed by atoms with Gasteiger partial charge in [-0.15, -0.1) is 0 Å². The zero-order valence-electron chi connectivity index (χ0n) is 22.4. The first-order valence-electron chi connectivity index (χ1n) is 12.7. The van der Waals surface area contributed by atoms with Crippen LogP contribution in [-0.4, -0.2) is 89.9 Å². The number of amides is 1. The van der Waals surface area contributed by atoms with Gasteiger partial charge < -0.3 is 29.9 Å². The number of hydrogen-bond acceptors (Lipinski definition) is 9. The molecule has 38 heavy (non-hydrogen) atoms. The Hall–Kier alpha value is -3.44. The Labute approximate surface area is 222 Å². The first kappa shape index (κ1) is 27.6. The summed E-state index contributed by atoms with van der Waals surface area (Å²) in [7, 11) is 5.18. The van der Waals surface area contributed by atoms with E-state index in [1.54, 1.807) is 11.0 Å². The highest BCUT2D eigenvalue weighted by molar-refractivity contribution is 6.02. The van der Waals surface area contributed by atoms with E-state index in [-0.39, 0.29) is 34.9 Å². The van der Waals surface area contributed by atoms with Gasteiger partial charge in [0.15, 0.2) is 11.5 Å². The fourth-order valence-electron chi connectivity index (χ4n) is 4.81. The molecule has 2 heterocycles. The van der Waals surface area contributed by atoms with Crippen LogP contribution in [0.1, 0.15) is 47.4 Å². The topological polar surface area (TPSA) is 132 Å². The number of morpholine rings is 1. The van der Waals surface area contributed by atoms with Gasteiger partial charge >= 0.3 is 0 Å². The minimum Gasteiger partial charge on any atom is -0.508 e. The van der Waals surface area contributed by atoms with Gasteiger partial charge in [0, 0.05) is 26.2 Å². The molecule has 10 heteroatoms. The lowest BCUT2D eigenvalue weighted by atomic mass is 9.93. The zero-order valence-corrected chi connectivity index (χ0v) is 22.4. The van der Waals surface area contributed by atoms with E-state index in [0.717, 1.165) is 5.56 Å². The fraction of sp³-hybridized carbons (Fsp3) is 0.429. The number of aliphatic hydroxyl groups is 1. The second kappa shape index (κ2) is 11.5. The Morgan fingerprint density at radius 2 is 1.74 bits per heavy atom. The number of carbonyl (C=O) groups is 1. The molecule has 10 nitrogen and oxygen atoms in total. The number of aromatic nitrogens is 1. The van der Waals surface area contributed by atoms with Gasteiger partial charge in [0.05, 0.1) is 30.4 Å². The van der Waals surface area contributed by atoms with Gasteiger partial charge in [-0.25, -0.2) is 0 Å². The molecule has 3 aromatic rings. The molecule has 1 aliphatic heterocycles. The summed E-state index contributed by atoms with van der Waals surface area (Å²) in [6, 6.07) is 10.2. The molecule has 4 rings (SSSR count). The highest BCUT2D eigenvalue weighted by Gasteiger charge is 2.31. The first-order chi connectivity index (χ1) is 18.1. The summed E-state index contributed by atoms with van der Waals surface area (Å²) >= 11 is 0. The Morgan fingerprint density at radius 1 is 1.08 bits per heavy atom. The highest BCUT2D eigenvalue weighted by Crippen LogP contribution is 2.43. The van der Waals surface area contributed by atoms with Crippen LogP contribution in [-0.2, 0) is 4.74 Å². The normalized spacial score (nSPS) is 16.1. The van der Waals surface area contributed by atoms with E-state index in [1.807, 2.05) is 52.2 Å². The molecule has 1 amide bonds. The zero-order chi connectivity index (χ0) is 27.6. The summed E-state index contributed by atoms with van der Waals surface area (Å²) in [6.45, 7) is 6.46. The number of likely N-dealkylation sites (N-methyl/N-ethyl adjacent to an activating group) is 1. The molecule has 0 aliphatic carbocycles. The van der Waals surface area contributed by atoms with Crippen LogP contribution in [0.25, 0.3) is 22.5 Å². The van der Waals surface area contributed by atoms with Crippen molar-refractivity contribution in [1.82, 2.24) is 20.3 Å². The van der Waals surface area contributed by atoms with E-state index >= 15 is 0 Å². The summed E-state index contributed by atoms with van der Waals surface area (Å²) in [5, 5.41) is 38.7. The van der Waals surface area contributed by atoms with E-state index in [9.17, 15) is 20.1 Å². The number of carbonyl (C=O) groups excluding carboxylic acids is 1. The molecule has 0 bridgehead atoms. The Kier molecular flexibility index (Phi) is 8.37. The van der Waals surface area contributed by atoms with Crippen LogP contribution in [0.5, 0.6) is 11.5 Å². The molecule has 0 saturated carbocycles. The SMILES string of the molecule is CNC(=O)c1noc(-c2cc(C(C)C)c(O)cc2O)c1-c1ccc(C(C(O)N(C)C)N2CCOCC2)cc1. The number of nitrogens with one attached hydrogen (secondary N) is 1. The number of hydrogen-bond donors (Lipinski definition) is 4. The molecule has 2 atom stereocenters. The maximum Gasteiger partial charge on any atom is 0.273 e. The Balaban J connectivity index is 1.81. The van der Waals surface area contributed by atoms with Gasteiger partial charge in [0.2, 0.25) is 0 Å². The molecule has 1 aromatic heterocycles. The molecule has 0 spiro atoms. The van der Waals surface area contributed by atoms with Gasteiger partial charge in [0.25, 0.3) is 5.91 Å². The maximum absolute atomic E-state index is 12.7. The predicted octanol–water partition coefficient (Wildman–Crippen LogP) is 3.16. The number of rotatable bonds is 8.